The first-order valence-corrected chi connectivity index (χ1v) is 8.73. The van der Waals surface area contributed by atoms with E-state index in [4.69, 9.17) is 4.74 Å². The number of nitrogens with one attached hydrogen (secondary N) is 1. The summed E-state index contributed by atoms with van der Waals surface area (Å²) in [4.78, 5) is 11.6. The summed E-state index contributed by atoms with van der Waals surface area (Å²) in [5.41, 5.74) is 0.909. The average molecular weight is 312 g/mol. The Bertz CT molecular complexity index is 574. The first kappa shape index (κ1) is 15.8. The van der Waals surface area contributed by atoms with Gasteiger partial charge in [0.1, 0.15) is 6.61 Å². The minimum Gasteiger partial charge on any atom is -0.445 e. The van der Waals surface area contributed by atoms with Crippen LogP contribution in [0.25, 0.3) is 0 Å². The molecule has 21 heavy (non-hydrogen) atoms. The van der Waals surface area contributed by atoms with Gasteiger partial charge in [0.25, 0.3) is 0 Å². The minimum absolute atomic E-state index is 0.177. The lowest BCUT2D eigenvalue weighted by Gasteiger charge is -2.22. The number of sulfonamides is 1. The summed E-state index contributed by atoms with van der Waals surface area (Å²) in [6.07, 6.45) is 2.24. The van der Waals surface area contributed by atoms with Crippen molar-refractivity contribution in [2.24, 2.45) is 0 Å². The summed E-state index contributed by atoms with van der Waals surface area (Å²) < 4.78 is 29.7. The first-order valence-electron chi connectivity index (χ1n) is 6.88. The number of ether oxygens (including phenoxy) is 1. The number of hydrogen-bond donors (Lipinski definition) is 1. The molecule has 1 unspecified atom stereocenters. The normalized spacial score (nSPS) is 19.4. The van der Waals surface area contributed by atoms with Crippen molar-refractivity contribution in [1.82, 2.24) is 9.62 Å². The Morgan fingerprint density at radius 3 is 2.76 bits per heavy atom. The van der Waals surface area contributed by atoms with Crippen LogP contribution in [0.2, 0.25) is 0 Å². The molecule has 1 aromatic rings. The number of benzene rings is 1. The Balaban J connectivity index is 1.76. The van der Waals surface area contributed by atoms with Crippen LogP contribution >= 0.6 is 0 Å². The quantitative estimate of drug-likeness (QED) is 0.890. The summed E-state index contributed by atoms with van der Waals surface area (Å²) in [5.74, 6) is 0. The maximum Gasteiger partial charge on any atom is 0.407 e. The summed E-state index contributed by atoms with van der Waals surface area (Å²) in [5, 5.41) is 2.63. The number of carbonyl (C=O) groups is 1. The second-order valence-electron chi connectivity index (χ2n) is 5.11. The van der Waals surface area contributed by atoms with Gasteiger partial charge in [-0.3, -0.25) is 0 Å². The summed E-state index contributed by atoms with van der Waals surface area (Å²) >= 11 is 0. The molecule has 0 aliphatic carbocycles. The molecule has 1 heterocycles. The lowest BCUT2D eigenvalue weighted by molar-refractivity contribution is 0.137. The zero-order chi connectivity index (χ0) is 15.3. The van der Waals surface area contributed by atoms with Gasteiger partial charge in [0, 0.05) is 19.1 Å². The van der Waals surface area contributed by atoms with Crippen LogP contribution in [0.5, 0.6) is 0 Å². The molecule has 0 aromatic heterocycles. The molecular formula is C14H20N2O4S. The predicted molar refractivity (Wildman–Crippen MR) is 79.2 cm³/mol. The van der Waals surface area contributed by atoms with Crippen LogP contribution in [0.4, 0.5) is 4.79 Å². The van der Waals surface area contributed by atoms with E-state index in [1.165, 1.54) is 10.6 Å². The Morgan fingerprint density at radius 1 is 1.38 bits per heavy atom. The van der Waals surface area contributed by atoms with Crippen molar-refractivity contribution in [3.8, 4) is 0 Å². The number of rotatable bonds is 5. The first-order chi connectivity index (χ1) is 9.97. The van der Waals surface area contributed by atoms with Gasteiger partial charge in [-0.2, -0.15) is 4.31 Å². The minimum atomic E-state index is -3.21. The van der Waals surface area contributed by atoms with Gasteiger partial charge in [-0.1, -0.05) is 30.3 Å². The lowest BCUT2D eigenvalue weighted by Crippen LogP contribution is -2.42. The standard InChI is InChI=1S/C14H20N2O4S/c1-21(18,19)16-9-5-8-13(16)10-15-14(17)20-11-12-6-3-2-4-7-12/h2-4,6-7,13H,5,8-11H2,1H3,(H,15,17). The van der Waals surface area contributed by atoms with Crippen LogP contribution in [-0.2, 0) is 21.4 Å². The summed E-state index contributed by atoms with van der Waals surface area (Å²) in [6.45, 7) is 0.998. The summed E-state index contributed by atoms with van der Waals surface area (Å²) in [7, 11) is -3.21. The fourth-order valence-corrected chi connectivity index (χ4v) is 3.61. The zero-order valence-electron chi connectivity index (χ0n) is 12.0. The molecule has 0 saturated carbocycles. The van der Waals surface area contributed by atoms with Crippen LogP contribution < -0.4 is 5.32 Å². The van der Waals surface area contributed by atoms with E-state index in [0.717, 1.165) is 18.4 Å². The zero-order valence-corrected chi connectivity index (χ0v) is 12.8. The third-order valence-electron chi connectivity index (χ3n) is 3.44. The van der Waals surface area contributed by atoms with Crippen molar-refractivity contribution in [2.45, 2.75) is 25.5 Å². The van der Waals surface area contributed by atoms with E-state index in [9.17, 15) is 13.2 Å². The van der Waals surface area contributed by atoms with Crippen molar-refractivity contribution < 1.29 is 17.9 Å². The monoisotopic (exact) mass is 312 g/mol. The van der Waals surface area contributed by atoms with Crippen LogP contribution in [-0.4, -0.2) is 44.2 Å². The second kappa shape index (κ2) is 6.91. The van der Waals surface area contributed by atoms with Crippen LogP contribution in [0, 0.1) is 0 Å². The van der Waals surface area contributed by atoms with Gasteiger partial charge >= 0.3 is 6.09 Å². The Hall–Kier alpha value is -1.60. The maximum absolute atomic E-state index is 11.6. The average Bonchev–Trinajstić information content (AvgIpc) is 2.92. The van der Waals surface area contributed by atoms with E-state index in [-0.39, 0.29) is 19.2 Å². The summed E-state index contributed by atoms with van der Waals surface area (Å²) in [6, 6.07) is 9.21. The molecule has 1 aromatic carbocycles. The molecule has 0 bridgehead atoms. The highest BCUT2D eigenvalue weighted by Gasteiger charge is 2.31. The molecule has 1 atom stereocenters. The molecule has 6 nitrogen and oxygen atoms in total. The number of amides is 1. The SMILES string of the molecule is CS(=O)(=O)N1CCCC1CNC(=O)OCc1ccccc1. The van der Waals surface area contributed by atoms with Crippen molar-refractivity contribution in [1.29, 1.82) is 0 Å². The highest BCUT2D eigenvalue weighted by atomic mass is 32.2. The molecular weight excluding hydrogens is 292 g/mol. The molecule has 0 spiro atoms. The van der Waals surface area contributed by atoms with Crippen LogP contribution in [0.1, 0.15) is 18.4 Å². The number of hydrogen-bond acceptors (Lipinski definition) is 4. The molecule has 1 fully saturated rings. The molecule has 116 valence electrons. The third kappa shape index (κ3) is 4.71. The van der Waals surface area contributed by atoms with E-state index < -0.39 is 16.1 Å². The van der Waals surface area contributed by atoms with Crippen LogP contribution in [0.15, 0.2) is 30.3 Å². The van der Waals surface area contributed by atoms with Gasteiger partial charge in [-0.25, -0.2) is 13.2 Å². The molecule has 1 saturated heterocycles. The largest absolute Gasteiger partial charge is 0.445 e. The van der Waals surface area contributed by atoms with Gasteiger partial charge in [0.15, 0.2) is 0 Å². The van der Waals surface area contributed by atoms with Gasteiger partial charge in [-0.05, 0) is 18.4 Å². The molecule has 2 rings (SSSR count). The lowest BCUT2D eigenvalue weighted by atomic mass is 10.2. The third-order valence-corrected chi connectivity index (χ3v) is 4.78. The molecule has 1 aliphatic heterocycles. The van der Waals surface area contributed by atoms with Gasteiger partial charge < -0.3 is 10.1 Å². The fraction of sp³-hybridized carbons (Fsp3) is 0.500. The van der Waals surface area contributed by atoms with E-state index >= 15 is 0 Å². The molecule has 7 heteroatoms. The number of carbonyl (C=O) groups excluding carboxylic acids is 1. The smallest absolute Gasteiger partial charge is 0.407 e. The highest BCUT2D eigenvalue weighted by Crippen LogP contribution is 2.19. The van der Waals surface area contributed by atoms with E-state index in [1.807, 2.05) is 30.3 Å². The van der Waals surface area contributed by atoms with Crippen molar-refractivity contribution in [2.75, 3.05) is 19.3 Å². The molecule has 0 radical (unpaired) electrons. The fourth-order valence-electron chi connectivity index (χ4n) is 2.43. The molecule has 1 N–H and O–H groups in total. The Morgan fingerprint density at radius 2 is 2.10 bits per heavy atom. The predicted octanol–water partition coefficient (Wildman–Crippen LogP) is 1.34. The Kier molecular flexibility index (Phi) is 5.19. The van der Waals surface area contributed by atoms with Gasteiger partial charge in [0.05, 0.1) is 6.26 Å². The maximum atomic E-state index is 11.6. The van der Waals surface area contributed by atoms with Gasteiger partial charge in [0.2, 0.25) is 10.0 Å². The van der Waals surface area contributed by atoms with Crippen molar-refractivity contribution in [3.63, 3.8) is 0 Å². The Labute approximate surface area is 125 Å². The van der Waals surface area contributed by atoms with Crippen LogP contribution in [0.3, 0.4) is 0 Å². The highest BCUT2D eigenvalue weighted by molar-refractivity contribution is 7.88. The van der Waals surface area contributed by atoms with Crippen molar-refractivity contribution >= 4 is 16.1 Å². The second-order valence-corrected chi connectivity index (χ2v) is 7.05. The van der Waals surface area contributed by atoms with E-state index in [1.54, 1.807) is 0 Å². The number of alkyl carbamates (subject to hydrolysis) is 1. The molecule has 1 amide bonds. The number of nitrogens with zero attached hydrogens (tertiary/aromatic N) is 1. The van der Waals surface area contributed by atoms with Gasteiger partial charge in [-0.15, -0.1) is 0 Å². The topological polar surface area (TPSA) is 75.7 Å². The van der Waals surface area contributed by atoms with E-state index in [0.29, 0.717) is 6.54 Å². The molecule has 1 aliphatic rings. The van der Waals surface area contributed by atoms with E-state index in [2.05, 4.69) is 5.32 Å². The van der Waals surface area contributed by atoms with Crippen molar-refractivity contribution in [3.05, 3.63) is 35.9 Å².